The first-order valence-corrected chi connectivity index (χ1v) is 13.0. The molecule has 1 aliphatic heterocycles. The van der Waals surface area contributed by atoms with Crippen molar-refractivity contribution in [2.24, 2.45) is 5.92 Å². The van der Waals surface area contributed by atoms with E-state index >= 15 is 0 Å². The Morgan fingerprint density at radius 2 is 1.93 bits per heavy atom. The van der Waals surface area contributed by atoms with Crippen molar-refractivity contribution in [3.05, 3.63) is 51.7 Å². The van der Waals surface area contributed by atoms with Crippen LogP contribution in [0, 0.1) is 5.92 Å². The Morgan fingerprint density at radius 3 is 2.57 bits per heavy atom. The van der Waals surface area contributed by atoms with Crippen LogP contribution in [0.4, 0.5) is 0 Å². The molecule has 1 fully saturated rings. The maximum atomic E-state index is 12.7. The number of piperidine rings is 1. The highest BCUT2D eigenvalue weighted by molar-refractivity contribution is 7.98. The first-order valence-electron chi connectivity index (χ1n) is 9.10. The van der Waals surface area contributed by atoms with E-state index in [2.05, 4.69) is 16.8 Å². The molecule has 1 amide bonds. The number of benzene rings is 1. The highest BCUT2D eigenvalue weighted by atomic mass is 35.5. The van der Waals surface area contributed by atoms with Crippen molar-refractivity contribution in [1.82, 2.24) is 9.62 Å². The summed E-state index contributed by atoms with van der Waals surface area (Å²) in [6.45, 7) is 1.35. The van der Waals surface area contributed by atoms with E-state index in [4.69, 9.17) is 11.6 Å². The molecule has 5 nitrogen and oxygen atoms in total. The Hall–Kier alpha value is -1.06. The maximum Gasteiger partial charge on any atom is 0.243 e. The van der Waals surface area contributed by atoms with Crippen molar-refractivity contribution >= 4 is 50.6 Å². The van der Waals surface area contributed by atoms with Gasteiger partial charge in [-0.2, -0.15) is 16.1 Å². The van der Waals surface area contributed by atoms with Gasteiger partial charge < -0.3 is 5.32 Å². The van der Waals surface area contributed by atoms with Gasteiger partial charge in [-0.3, -0.25) is 4.79 Å². The predicted octanol–water partition coefficient (Wildman–Crippen LogP) is 3.85. The number of nitrogens with zero attached hydrogens (tertiary/aromatic N) is 1. The molecule has 0 spiro atoms. The number of carbonyl (C=O) groups excluding carboxylic acids is 1. The summed E-state index contributed by atoms with van der Waals surface area (Å²) in [4.78, 5) is 13.9. The summed E-state index contributed by atoms with van der Waals surface area (Å²) in [5.74, 6) is 1.74. The molecule has 1 saturated heterocycles. The fourth-order valence-electron chi connectivity index (χ4n) is 3.07. The van der Waals surface area contributed by atoms with E-state index in [-0.39, 0.29) is 16.7 Å². The van der Waals surface area contributed by atoms with E-state index in [0.717, 1.165) is 11.5 Å². The molecular weight excluding hydrogens is 436 g/mol. The zero-order valence-corrected chi connectivity index (χ0v) is 18.5. The van der Waals surface area contributed by atoms with Crippen molar-refractivity contribution in [3.8, 4) is 0 Å². The molecule has 0 atom stereocenters. The summed E-state index contributed by atoms with van der Waals surface area (Å²) in [6, 6.07) is 10.3. The lowest BCUT2D eigenvalue weighted by Crippen LogP contribution is -2.43. The molecular formula is C19H23ClN2O3S3. The Balaban J connectivity index is 1.40. The number of thiophene rings is 1. The van der Waals surface area contributed by atoms with Gasteiger partial charge in [0.05, 0.1) is 4.90 Å². The molecule has 0 bridgehead atoms. The predicted molar refractivity (Wildman–Crippen MR) is 116 cm³/mol. The lowest BCUT2D eigenvalue weighted by atomic mass is 9.97. The minimum absolute atomic E-state index is 0.0280. The zero-order chi connectivity index (χ0) is 20.0. The molecule has 2 heterocycles. The fourth-order valence-corrected chi connectivity index (χ4v) is 6.37. The topological polar surface area (TPSA) is 66.5 Å². The molecule has 0 radical (unpaired) electrons. The van der Waals surface area contributed by atoms with E-state index in [0.29, 0.717) is 37.5 Å². The summed E-state index contributed by atoms with van der Waals surface area (Å²) in [5, 5.41) is 5.55. The monoisotopic (exact) mass is 458 g/mol. The summed E-state index contributed by atoms with van der Waals surface area (Å²) in [7, 11) is -3.53. The first kappa shape index (κ1) is 21.6. The molecule has 3 rings (SSSR count). The number of nitrogens with one attached hydrogen (secondary N) is 1. The number of hydrogen-bond acceptors (Lipinski definition) is 5. The highest BCUT2D eigenvalue weighted by Crippen LogP contribution is 2.25. The minimum Gasteiger partial charge on any atom is -0.355 e. The number of halogens is 1. The normalized spacial score (nSPS) is 16.2. The third kappa shape index (κ3) is 5.73. The average molecular weight is 459 g/mol. The SMILES string of the molecule is O=C(NCCSCc1cccs1)C1CCN(S(=O)(=O)c2ccc(Cl)cc2)CC1. The first-order chi connectivity index (χ1) is 13.5. The van der Waals surface area contributed by atoms with Gasteiger partial charge in [0.2, 0.25) is 15.9 Å². The Kier molecular flexibility index (Phi) is 7.82. The second-order valence-corrected chi connectivity index (χ2v) is 11.1. The zero-order valence-electron chi connectivity index (χ0n) is 15.3. The van der Waals surface area contributed by atoms with Gasteiger partial charge in [0, 0.05) is 47.0 Å². The lowest BCUT2D eigenvalue weighted by molar-refractivity contribution is -0.125. The summed E-state index contributed by atoms with van der Waals surface area (Å²) >= 11 is 9.38. The quantitative estimate of drug-likeness (QED) is 0.610. The van der Waals surface area contributed by atoms with Crippen LogP contribution in [-0.2, 0) is 20.6 Å². The smallest absolute Gasteiger partial charge is 0.243 e. The van der Waals surface area contributed by atoms with Gasteiger partial charge in [-0.05, 0) is 48.6 Å². The molecule has 0 saturated carbocycles. The molecule has 1 N–H and O–H groups in total. The van der Waals surface area contributed by atoms with E-state index in [9.17, 15) is 13.2 Å². The van der Waals surface area contributed by atoms with Crippen molar-refractivity contribution in [2.75, 3.05) is 25.4 Å². The largest absolute Gasteiger partial charge is 0.355 e. The van der Waals surface area contributed by atoms with Gasteiger partial charge in [0.15, 0.2) is 0 Å². The molecule has 0 aliphatic carbocycles. The van der Waals surface area contributed by atoms with Gasteiger partial charge in [0.25, 0.3) is 0 Å². The Bertz CT molecular complexity index is 862. The average Bonchev–Trinajstić information content (AvgIpc) is 3.21. The third-order valence-electron chi connectivity index (χ3n) is 4.65. The molecule has 0 unspecified atom stereocenters. The van der Waals surface area contributed by atoms with Crippen LogP contribution in [0.1, 0.15) is 17.7 Å². The van der Waals surface area contributed by atoms with Gasteiger partial charge >= 0.3 is 0 Å². The standard InChI is InChI=1S/C19H23ClN2O3S3/c20-16-3-5-18(6-4-16)28(24,25)22-10-7-15(8-11-22)19(23)21-9-13-26-14-17-2-1-12-27-17/h1-6,12,15H,7-11,13-14H2,(H,21,23). The van der Waals surface area contributed by atoms with Crippen LogP contribution >= 0.6 is 34.7 Å². The second-order valence-electron chi connectivity index (χ2n) is 6.56. The molecule has 1 aliphatic rings. The van der Waals surface area contributed by atoms with Crippen LogP contribution in [0.2, 0.25) is 5.02 Å². The van der Waals surface area contributed by atoms with Crippen LogP contribution in [0.5, 0.6) is 0 Å². The fraction of sp³-hybridized carbons (Fsp3) is 0.421. The summed E-state index contributed by atoms with van der Waals surface area (Å²) < 4.78 is 26.8. The molecule has 2 aromatic rings. The lowest BCUT2D eigenvalue weighted by Gasteiger charge is -2.30. The molecule has 152 valence electrons. The van der Waals surface area contributed by atoms with Crippen molar-refractivity contribution in [2.45, 2.75) is 23.5 Å². The van der Waals surface area contributed by atoms with Crippen molar-refractivity contribution in [3.63, 3.8) is 0 Å². The van der Waals surface area contributed by atoms with Crippen LogP contribution in [0.15, 0.2) is 46.7 Å². The molecule has 1 aromatic carbocycles. The summed E-state index contributed by atoms with van der Waals surface area (Å²) in [5.41, 5.74) is 0. The van der Waals surface area contributed by atoms with Crippen LogP contribution in [0.25, 0.3) is 0 Å². The van der Waals surface area contributed by atoms with Crippen LogP contribution in [-0.4, -0.2) is 44.0 Å². The number of rotatable bonds is 8. The number of amides is 1. The van der Waals surface area contributed by atoms with E-state index in [1.54, 1.807) is 35.2 Å². The maximum absolute atomic E-state index is 12.7. The van der Waals surface area contributed by atoms with Crippen LogP contribution in [0.3, 0.4) is 0 Å². The number of hydrogen-bond donors (Lipinski definition) is 1. The number of sulfonamides is 1. The Labute approximate surface area is 179 Å². The number of thioether (sulfide) groups is 1. The summed E-state index contributed by atoms with van der Waals surface area (Å²) in [6.07, 6.45) is 1.09. The second kappa shape index (κ2) is 10.1. The van der Waals surface area contributed by atoms with E-state index in [1.807, 2.05) is 6.07 Å². The molecule has 1 aromatic heterocycles. The van der Waals surface area contributed by atoms with E-state index in [1.165, 1.54) is 21.3 Å². The van der Waals surface area contributed by atoms with Crippen molar-refractivity contribution < 1.29 is 13.2 Å². The van der Waals surface area contributed by atoms with Gasteiger partial charge in [0.1, 0.15) is 0 Å². The number of carbonyl (C=O) groups is 1. The van der Waals surface area contributed by atoms with Gasteiger partial charge in [-0.15, -0.1) is 11.3 Å². The third-order valence-corrected chi connectivity index (χ3v) is 8.88. The van der Waals surface area contributed by atoms with Crippen molar-refractivity contribution in [1.29, 1.82) is 0 Å². The van der Waals surface area contributed by atoms with Crippen LogP contribution < -0.4 is 5.32 Å². The minimum atomic E-state index is -3.53. The molecule has 28 heavy (non-hydrogen) atoms. The Morgan fingerprint density at radius 1 is 1.21 bits per heavy atom. The van der Waals surface area contributed by atoms with Gasteiger partial charge in [-0.25, -0.2) is 8.42 Å². The van der Waals surface area contributed by atoms with E-state index < -0.39 is 10.0 Å². The molecule has 9 heteroatoms. The highest BCUT2D eigenvalue weighted by Gasteiger charge is 2.31. The van der Waals surface area contributed by atoms with Gasteiger partial charge in [-0.1, -0.05) is 17.7 Å².